The highest BCUT2D eigenvalue weighted by atomic mass is 16.2. The van der Waals surface area contributed by atoms with E-state index in [1.165, 1.54) is 0 Å². The highest BCUT2D eigenvalue weighted by Gasteiger charge is 2.34. The Morgan fingerprint density at radius 2 is 1.82 bits per heavy atom. The van der Waals surface area contributed by atoms with Gasteiger partial charge in [-0.05, 0) is 32.8 Å². The summed E-state index contributed by atoms with van der Waals surface area (Å²) in [7, 11) is 0. The van der Waals surface area contributed by atoms with Crippen molar-refractivity contribution in [1.29, 1.82) is 0 Å². The van der Waals surface area contributed by atoms with Crippen LogP contribution in [0.25, 0.3) is 22.2 Å². The number of hydrogen-bond donors (Lipinski definition) is 1. The van der Waals surface area contributed by atoms with E-state index < -0.39 is 0 Å². The van der Waals surface area contributed by atoms with Gasteiger partial charge in [-0.15, -0.1) is 0 Å². The molecule has 0 aliphatic heterocycles. The molecule has 1 saturated carbocycles. The second-order valence-corrected chi connectivity index (χ2v) is 7.54. The van der Waals surface area contributed by atoms with Crippen molar-refractivity contribution in [2.24, 2.45) is 0 Å². The lowest BCUT2D eigenvalue weighted by Crippen LogP contribution is -2.41. The minimum atomic E-state index is -0.0402. The number of benzene rings is 1. The summed E-state index contributed by atoms with van der Waals surface area (Å²) in [6, 6.07) is 8.28. The van der Waals surface area contributed by atoms with Gasteiger partial charge in [-0.3, -0.25) is 9.13 Å². The van der Waals surface area contributed by atoms with Crippen LogP contribution in [0.1, 0.15) is 38.8 Å². The van der Waals surface area contributed by atoms with E-state index >= 15 is 0 Å². The molecular formula is C20H21N7O. The quantitative estimate of drug-likeness (QED) is 0.590. The SMILES string of the molecule is CC(C)n1c(=O)n([C@H]2C[C@H](Nc3ncc4ccccc4n3)C2)c2nccnc21. The van der Waals surface area contributed by atoms with Crippen molar-refractivity contribution >= 4 is 28.1 Å². The smallest absolute Gasteiger partial charge is 0.332 e. The minimum absolute atomic E-state index is 0.0351. The number of imidazole rings is 1. The second kappa shape index (κ2) is 6.40. The third kappa shape index (κ3) is 2.64. The molecule has 8 heteroatoms. The topological polar surface area (TPSA) is 90.5 Å². The lowest BCUT2D eigenvalue weighted by atomic mass is 9.86. The lowest BCUT2D eigenvalue weighted by Gasteiger charge is -2.36. The first-order valence-electron chi connectivity index (χ1n) is 9.53. The average Bonchev–Trinajstić information content (AvgIpc) is 2.96. The summed E-state index contributed by atoms with van der Waals surface area (Å²) >= 11 is 0. The predicted octanol–water partition coefficient (Wildman–Crippen LogP) is 2.93. The molecule has 0 atom stereocenters. The van der Waals surface area contributed by atoms with Crippen LogP contribution in [0.5, 0.6) is 0 Å². The summed E-state index contributed by atoms with van der Waals surface area (Å²) < 4.78 is 3.51. The summed E-state index contributed by atoms with van der Waals surface area (Å²) in [5, 5.41) is 4.41. The molecular weight excluding hydrogens is 354 g/mol. The number of aromatic nitrogens is 6. The molecule has 0 spiro atoms. The zero-order chi connectivity index (χ0) is 19.3. The van der Waals surface area contributed by atoms with Gasteiger partial charge in [-0.2, -0.15) is 0 Å². The highest BCUT2D eigenvalue weighted by molar-refractivity contribution is 5.78. The van der Waals surface area contributed by atoms with E-state index in [0.29, 0.717) is 17.2 Å². The molecule has 1 aromatic carbocycles. The number of hydrogen-bond acceptors (Lipinski definition) is 6. The standard InChI is InChI=1S/C20H21N7O/c1-12(2)26-17-18(22-8-7-21-17)27(20(26)28)15-9-14(10-15)24-19-23-11-13-5-3-4-6-16(13)25-19/h3-8,11-12,14-15H,9-10H2,1-2H3,(H,23,24,25)/t14-,15-. The first-order valence-corrected chi connectivity index (χ1v) is 9.53. The van der Waals surface area contributed by atoms with E-state index in [-0.39, 0.29) is 23.8 Å². The van der Waals surface area contributed by atoms with Gasteiger partial charge in [0, 0.05) is 42.1 Å². The fourth-order valence-corrected chi connectivity index (χ4v) is 3.90. The van der Waals surface area contributed by atoms with Crippen LogP contribution in [-0.4, -0.2) is 35.1 Å². The van der Waals surface area contributed by atoms with E-state index in [1.54, 1.807) is 21.5 Å². The molecule has 0 amide bonds. The van der Waals surface area contributed by atoms with E-state index in [9.17, 15) is 4.79 Å². The Bertz CT molecular complexity index is 1220. The number of nitrogens with zero attached hydrogens (tertiary/aromatic N) is 6. The molecule has 4 aromatic rings. The molecule has 5 rings (SSSR count). The maximum absolute atomic E-state index is 13.0. The van der Waals surface area contributed by atoms with Gasteiger partial charge in [-0.1, -0.05) is 18.2 Å². The molecule has 3 heterocycles. The van der Waals surface area contributed by atoms with E-state index in [2.05, 4.69) is 25.3 Å². The summed E-state index contributed by atoms with van der Waals surface area (Å²) in [6.45, 7) is 3.98. The van der Waals surface area contributed by atoms with E-state index in [1.807, 2.05) is 44.3 Å². The van der Waals surface area contributed by atoms with Crippen LogP contribution in [-0.2, 0) is 0 Å². The Kier molecular flexibility index (Phi) is 3.85. The molecule has 0 saturated heterocycles. The van der Waals surface area contributed by atoms with Crippen LogP contribution in [0.4, 0.5) is 5.95 Å². The molecule has 0 bridgehead atoms. The molecule has 0 radical (unpaired) electrons. The summed E-state index contributed by atoms with van der Waals surface area (Å²) in [4.78, 5) is 30.8. The zero-order valence-corrected chi connectivity index (χ0v) is 15.8. The van der Waals surface area contributed by atoms with Crippen LogP contribution in [0.15, 0.2) is 47.7 Å². The summed E-state index contributed by atoms with van der Waals surface area (Å²) in [5.74, 6) is 0.624. The van der Waals surface area contributed by atoms with Gasteiger partial charge in [0.2, 0.25) is 5.95 Å². The molecule has 1 fully saturated rings. The van der Waals surface area contributed by atoms with Crippen molar-refractivity contribution in [1.82, 2.24) is 29.1 Å². The maximum Gasteiger partial charge on any atom is 0.332 e. The van der Waals surface area contributed by atoms with Gasteiger partial charge in [0.25, 0.3) is 0 Å². The van der Waals surface area contributed by atoms with Crippen LogP contribution >= 0.6 is 0 Å². The van der Waals surface area contributed by atoms with Crippen molar-refractivity contribution in [3.63, 3.8) is 0 Å². The fourth-order valence-electron chi connectivity index (χ4n) is 3.90. The van der Waals surface area contributed by atoms with Gasteiger partial charge in [0.15, 0.2) is 11.3 Å². The molecule has 1 N–H and O–H groups in total. The van der Waals surface area contributed by atoms with Crippen LogP contribution < -0.4 is 11.0 Å². The van der Waals surface area contributed by atoms with E-state index in [0.717, 1.165) is 23.7 Å². The van der Waals surface area contributed by atoms with E-state index in [4.69, 9.17) is 0 Å². The number of anilines is 1. The molecule has 0 unspecified atom stereocenters. The van der Waals surface area contributed by atoms with Gasteiger partial charge in [0.05, 0.1) is 5.52 Å². The van der Waals surface area contributed by atoms with Gasteiger partial charge < -0.3 is 5.32 Å². The molecule has 142 valence electrons. The minimum Gasteiger partial charge on any atom is -0.351 e. The van der Waals surface area contributed by atoms with Crippen molar-refractivity contribution in [2.75, 3.05) is 5.32 Å². The predicted molar refractivity (Wildman–Crippen MR) is 107 cm³/mol. The summed E-state index contributed by atoms with van der Waals surface area (Å²) in [5.41, 5.74) is 2.19. The first kappa shape index (κ1) is 16.9. The molecule has 3 aromatic heterocycles. The number of para-hydroxylation sites is 1. The third-order valence-corrected chi connectivity index (χ3v) is 5.35. The van der Waals surface area contributed by atoms with Crippen LogP contribution in [0.3, 0.4) is 0 Å². The number of rotatable bonds is 4. The fraction of sp³-hybridized carbons (Fsp3) is 0.350. The van der Waals surface area contributed by atoms with Crippen LogP contribution in [0, 0.1) is 0 Å². The average molecular weight is 375 g/mol. The molecule has 28 heavy (non-hydrogen) atoms. The van der Waals surface area contributed by atoms with Gasteiger partial charge >= 0.3 is 5.69 Å². The number of fused-ring (bicyclic) bond motifs is 2. The Hall–Kier alpha value is -3.29. The first-order chi connectivity index (χ1) is 13.6. The Morgan fingerprint density at radius 3 is 2.61 bits per heavy atom. The van der Waals surface area contributed by atoms with Gasteiger partial charge in [0.1, 0.15) is 0 Å². The maximum atomic E-state index is 13.0. The van der Waals surface area contributed by atoms with Crippen molar-refractivity contribution in [3.05, 3.63) is 53.3 Å². The Labute approximate surface area is 161 Å². The number of nitrogens with one attached hydrogen (secondary N) is 1. The van der Waals surface area contributed by atoms with Crippen molar-refractivity contribution in [3.8, 4) is 0 Å². The van der Waals surface area contributed by atoms with Crippen molar-refractivity contribution in [2.45, 2.75) is 44.8 Å². The third-order valence-electron chi connectivity index (χ3n) is 5.35. The second-order valence-electron chi connectivity index (χ2n) is 7.54. The Balaban J connectivity index is 1.38. The zero-order valence-electron chi connectivity index (χ0n) is 15.8. The monoisotopic (exact) mass is 375 g/mol. The normalized spacial score (nSPS) is 19.2. The lowest BCUT2D eigenvalue weighted by molar-refractivity contribution is 0.278. The molecule has 1 aliphatic carbocycles. The van der Waals surface area contributed by atoms with Gasteiger partial charge in [-0.25, -0.2) is 24.7 Å². The largest absolute Gasteiger partial charge is 0.351 e. The molecule has 8 nitrogen and oxygen atoms in total. The highest BCUT2D eigenvalue weighted by Crippen LogP contribution is 2.35. The van der Waals surface area contributed by atoms with Crippen LogP contribution in [0.2, 0.25) is 0 Å². The van der Waals surface area contributed by atoms with Crippen molar-refractivity contribution < 1.29 is 0 Å². The Morgan fingerprint density at radius 1 is 1.07 bits per heavy atom. The molecule has 1 aliphatic rings. The summed E-state index contributed by atoms with van der Waals surface area (Å²) in [6.07, 6.45) is 6.75.